The summed E-state index contributed by atoms with van der Waals surface area (Å²) in [4.78, 5) is 19.3. The fourth-order valence-electron chi connectivity index (χ4n) is 2.82. The molecule has 3 aromatic rings. The van der Waals surface area contributed by atoms with E-state index in [1.165, 1.54) is 5.39 Å². The normalized spacial score (nSPS) is 10.8. The highest BCUT2D eigenvalue weighted by Gasteiger charge is 2.07. The molecule has 1 N–H and O–H groups in total. The van der Waals surface area contributed by atoms with Crippen LogP contribution in [0.2, 0.25) is 0 Å². The fraction of sp³-hybridized carbons (Fsp3) is 0.300. The number of rotatable bonds is 8. The molecule has 3 rings (SSSR count). The molecule has 1 aromatic carbocycles. The number of fused-ring (bicyclic) bond motifs is 1. The zero-order chi connectivity index (χ0) is 17.5. The molecule has 0 fully saturated rings. The van der Waals surface area contributed by atoms with Crippen LogP contribution in [0.1, 0.15) is 24.0 Å². The van der Waals surface area contributed by atoms with Crippen LogP contribution in [0.5, 0.6) is 5.75 Å². The molecule has 5 heteroatoms. The van der Waals surface area contributed by atoms with Crippen LogP contribution in [-0.2, 0) is 22.4 Å². The molecule has 0 atom stereocenters. The van der Waals surface area contributed by atoms with E-state index in [9.17, 15) is 4.79 Å². The molecule has 0 saturated heterocycles. The van der Waals surface area contributed by atoms with E-state index < -0.39 is 0 Å². The van der Waals surface area contributed by atoms with E-state index in [1.807, 2.05) is 30.5 Å². The Morgan fingerprint density at radius 2 is 2.08 bits per heavy atom. The lowest BCUT2D eigenvalue weighted by Crippen LogP contribution is -2.07. The van der Waals surface area contributed by atoms with Gasteiger partial charge in [0.1, 0.15) is 5.75 Å². The second-order valence-electron chi connectivity index (χ2n) is 5.92. The maximum absolute atomic E-state index is 11.9. The quantitative estimate of drug-likeness (QED) is 0.503. The van der Waals surface area contributed by atoms with E-state index in [0.717, 1.165) is 35.2 Å². The number of pyridine rings is 1. The van der Waals surface area contributed by atoms with Gasteiger partial charge in [0, 0.05) is 29.7 Å². The molecule has 0 aliphatic carbocycles. The molecule has 2 heterocycles. The molecule has 0 spiro atoms. The summed E-state index contributed by atoms with van der Waals surface area (Å²) in [5, 5.41) is 1.17. The van der Waals surface area contributed by atoms with Crippen LogP contribution in [0.3, 0.4) is 0 Å². The van der Waals surface area contributed by atoms with Gasteiger partial charge in [-0.2, -0.15) is 0 Å². The summed E-state index contributed by atoms with van der Waals surface area (Å²) in [5.74, 6) is 0.585. The Bertz CT molecular complexity index is 842. The lowest BCUT2D eigenvalue weighted by molar-refractivity contribution is -0.143. The first-order valence-corrected chi connectivity index (χ1v) is 8.45. The van der Waals surface area contributed by atoms with Gasteiger partial charge < -0.3 is 14.5 Å². The number of para-hydroxylation sites is 1. The number of H-pyrrole nitrogens is 1. The van der Waals surface area contributed by atoms with Gasteiger partial charge in [0.15, 0.2) is 0 Å². The molecular weight excluding hydrogens is 316 g/mol. The van der Waals surface area contributed by atoms with Crippen molar-refractivity contribution in [3.8, 4) is 5.75 Å². The first-order valence-electron chi connectivity index (χ1n) is 8.45. The van der Waals surface area contributed by atoms with Crippen LogP contribution in [0.15, 0.2) is 48.9 Å². The third-order valence-corrected chi connectivity index (χ3v) is 4.15. The van der Waals surface area contributed by atoms with Gasteiger partial charge in [0.2, 0.25) is 0 Å². The smallest absolute Gasteiger partial charge is 0.306 e. The Kier molecular flexibility index (Phi) is 5.67. The fourth-order valence-corrected chi connectivity index (χ4v) is 2.82. The number of aromatic nitrogens is 2. The monoisotopic (exact) mass is 338 g/mol. The Labute approximate surface area is 147 Å². The van der Waals surface area contributed by atoms with Crippen LogP contribution in [0.4, 0.5) is 0 Å². The SMILES string of the molecule is COc1cncc(CCCOC(=O)CCc2c[nH]c3ccccc23)c1. The number of methoxy groups -OCH3 is 1. The first kappa shape index (κ1) is 17.0. The van der Waals surface area contributed by atoms with Crippen LogP contribution in [-0.4, -0.2) is 29.7 Å². The molecule has 0 aliphatic rings. The van der Waals surface area contributed by atoms with E-state index in [1.54, 1.807) is 19.5 Å². The van der Waals surface area contributed by atoms with Crippen LogP contribution < -0.4 is 4.74 Å². The third kappa shape index (κ3) is 4.59. The molecule has 0 aliphatic heterocycles. The lowest BCUT2D eigenvalue weighted by atomic mass is 10.1. The molecule has 0 radical (unpaired) electrons. The van der Waals surface area contributed by atoms with Crippen LogP contribution >= 0.6 is 0 Å². The van der Waals surface area contributed by atoms with Crippen molar-refractivity contribution < 1.29 is 14.3 Å². The number of aryl methyl sites for hydroxylation is 2. The van der Waals surface area contributed by atoms with Gasteiger partial charge in [-0.05, 0) is 42.5 Å². The minimum atomic E-state index is -0.158. The van der Waals surface area contributed by atoms with E-state index in [4.69, 9.17) is 9.47 Å². The minimum absolute atomic E-state index is 0.158. The third-order valence-electron chi connectivity index (χ3n) is 4.15. The van der Waals surface area contributed by atoms with E-state index >= 15 is 0 Å². The number of hydrogen-bond acceptors (Lipinski definition) is 4. The molecule has 0 saturated carbocycles. The molecule has 2 aromatic heterocycles. The second-order valence-corrected chi connectivity index (χ2v) is 5.92. The maximum Gasteiger partial charge on any atom is 0.306 e. The molecule has 5 nitrogen and oxygen atoms in total. The predicted molar refractivity (Wildman–Crippen MR) is 96.7 cm³/mol. The minimum Gasteiger partial charge on any atom is -0.495 e. The Morgan fingerprint density at radius 3 is 2.96 bits per heavy atom. The highest BCUT2D eigenvalue weighted by atomic mass is 16.5. The Balaban J connectivity index is 1.39. The van der Waals surface area contributed by atoms with Crippen molar-refractivity contribution in [1.29, 1.82) is 0 Å². The zero-order valence-electron chi connectivity index (χ0n) is 14.3. The van der Waals surface area contributed by atoms with Crippen molar-refractivity contribution in [1.82, 2.24) is 9.97 Å². The van der Waals surface area contributed by atoms with Crippen molar-refractivity contribution in [3.05, 3.63) is 60.0 Å². The summed E-state index contributed by atoms with van der Waals surface area (Å²) in [6, 6.07) is 10.0. The average Bonchev–Trinajstić information content (AvgIpc) is 3.07. The summed E-state index contributed by atoms with van der Waals surface area (Å²) >= 11 is 0. The van der Waals surface area contributed by atoms with Gasteiger partial charge >= 0.3 is 5.97 Å². The first-order chi connectivity index (χ1) is 12.3. The van der Waals surface area contributed by atoms with Crippen molar-refractivity contribution in [2.24, 2.45) is 0 Å². The van der Waals surface area contributed by atoms with Gasteiger partial charge in [0.25, 0.3) is 0 Å². The van der Waals surface area contributed by atoms with Gasteiger partial charge in [-0.1, -0.05) is 18.2 Å². The topological polar surface area (TPSA) is 64.2 Å². The van der Waals surface area contributed by atoms with Crippen molar-refractivity contribution >= 4 is 16.9 Å². The molecule has 0 amide bonds. The maximum atomic E-state index is 11.9. The summed E-state index contributed by atoms with van der Waals surface area (Å²) in [5.41, 5.74) is 3.32. The molecule has 25 heavy (non-hydrogen) atoms. The number of benzene rings is 1. The lowest BCUT2D eigenvalue weighted by Gasteiger charge is -2.06. The molecular formula is C20H22N2O3. The van der Waals surface area contributed by atoms with Gasteiger partial charge in [-0.15, -0.1) is 0 Å². The van der Waals surface area contributed by atoms with Crippen molar-refractivity contribution in [2.45, 2.75) is 25.7 Å². The van der Waals surface area contributed by atoms with Crippen LogP contribution in [0.25, 0.3) is 10.9 Å². The average molecular weight is 338 g/mol. The van der Waals surface area contributed by atoms with Crippen LogP contribution in [0, 0.1) is 0 Å². The molecule has 0 bridgehead atoms. The summed E-state index contributed by atoms with van der Waals surface area (Å²) in [7, 11) is 1.62. The van der Waals surface area contributed by atoms with Gasteiger partial charge in [-0.25, -0.2) is 0 Å². The van der Waals surface area contributed by atoms with E-state index in [0.29, 0.717) is 19.4 Å². The second kappa shape index (κ2) is 8.33. The number of nitrogens with one attached hydrogen (secondary N) is 1. The summed E-state index contributed by atoms with van der Waals surface area (Å²) in [6.07, 6.45) is 8.10. The highest BCUT2D eigenvalue weighted by molar-refractivity contribution is 5.83. The predicted octanol–water partition coefficient (Wildman–Crippen LogP) is 3.68. The number of hydrogen-bond donors (Lipinski definition) is 1. The largest absolute Gasteiger partial charge is 0.495 e. The van der Waals surface area contributed by atoms with E-state index in [2.05, 4.69) is 16.0 Å². The zero-order valence-corrected chi connectivity index (χ0v) is 14.3. The number of ether oxygens (including phenoxy) is 2. The number of carbonyl (C=O) groups excluding carboxylic acids is 1. The number of aromatic amines is 1. The number of carbonyl (C=O) groups is 1. The Morgan fingerprint density at radius 1 is 1.20 bits per heavy atom. The van der Waals surface area contributed by atoms with Crippen molar-refractivity contribution in [3.63, 3.8) is 0 Å². The van der Waals surface area contributed by atoms with Gasteiger partial charge in [-0.3, -0.25) is 9.78 Å². The number of esters is 1. The highest BCUT2D eigenvalue weighted by Crippen LogP contribution is 2.19. The molecule has 0 unspecified atom stereocenters. The summed E-state index contributed by atoms with van der Waals surface area (Å²) < 4.78 is 10.5. The number of nitrogens with zero attached hydrogens (tertiary/aromatic N) is 1. The summed E-state index contributed by atoms with van der Waals surface area (Å²) in [6.45, 7) is 0.421. The van der Waals surface area contributed by atoms with E-state index in [-0.39, 0.29) is 5.97 Å². The van der Waals surface area contributed by atoms with Crippen molar-refractivity contribution in [2.75, 3.05) is 13.7 Å². The Hall–Kier alpha value is -2.82. The molecule has 130 valence electrons. The standard InChI is InChI=1S/C20H22N2O3/c1-24-17-11-15(12-21-14-17)5-4-10-25-20(23)9-8-16-13-22-19-7-3-2-6-18(16)19/h2-3,6-7,11-14,22H,4-5,8-10H2,1H3. The van der Waals surface area contributed by atoms with Gasteiger partial charge in [0.05, 0.1) is 19.9 Å².